The zero-order chi connectivity index (χ0) is 32.2. The molecule has 6 N–H and O–H groups in total. The molecule has 4 aromatic rings. The van der Waals surface area contributed by atoms with Crippen LogP contribution in [0.25, 0.3) is 10.9 Å². The van der Waals surface area contributed by atoms with E-state index in [1.165, 1.54) is 12.1 Å². The molecule has 0 spiro atoms. The number of benzene rings is 3. The molecule has 0 aliphatic carbocycles. The Hall–Kier alpha value is -4.48. The normalized spacial score (nSPS) is 12.6. The van der Waals surface area contributed by atoms with Crippen LogP contribution >= 0.6 is 0 Å². The van der Waals surface area contributed by atoms with E-state index in [1.807, 2.05) is 0 Å². The van der Waals surface area contributed by atoms with E-state index in [0.29, 0.717) is 40.9 Å². The van der Waals surface area contributed by atoms with Gasteiger partial charge in [-0.3, -0.25) is 4.79 Å². The first-order valence-electron chi connectivity index (χ1n) is 15.1. The van der Waals surface area contributed by atoms with Gasteiger partial charge in [0, 0.05) is 24.1 Å². The fourth-order valence-electron chi connectivity index (χ4n) is 5.33. The molecule has 0 aliphatic rings. The third-order valence-corrected chi connectivity index (χ3v) is 7.55. The number of unbranched alkanes of at least 4 members (excludes halogenated alkanes) is 6. The predicted molar refractivity (Wildman–Crippen MR) is 168 cm³/mol. The molecule has 11 heteroatoms. The molecule has 45 heavy (non-hydrogen) atoms. The number of pyridine rings is 1. The number of aromatic hydroxyl groups is 1. The van der Waals surface area contributed by atoms with Gasteiger partial charge in [0.25, 0.3) is 0 Å². The van der Waals surface area contributed by atoms with Crippen LogP contribution in [-0.2, 0) is 0 Å². The van der Waals surface area contributed by atoms with Crippen molar-refractivity contribution in [3.63, 3.8) is 0 Å². The second-order valence-corrected chi connectivity index (χ2v) is 11.0. The molecule has 1 heterocycles. The molecule has 1 aromatic heterocycles. The molecule has 0 bridgehead atoms. The molecule has 240 valence electrons. The maximum atomic E-state index is 13.8. The van der Waals surface area contributed by atoms with Crippen LogP contribution in [0.15, 0.2) is 71.5 Å². The molecule has 2 atom stereocenters. The fraction of sp³-hybridized carbons (Fsp3) is 0.353. The van der Waals surface area contributed by atoms with E-state index in [2.05, 4.69) is 15.6 Å². The summed E-state index contributed by atoms with van der Waals surface area (Å²) in [7, 11) is 0. The van der Waals surface area contributed by atoms with E-state index in [9.17, 15) is 33.7 Å². The van der Waals surface area contributed by atoms with Crippen molar-refractivity contribution in [1.29, 1.82) is 0 Å². The summed E-state index contributed by atoms with van der Waals surface area (Å²) in [6.45, 7) is 1.63. The van der Waals surface area contributed by atoms with Gasteiger partial charge in [0.05, 0.1) is 24.3 Å². The number of rotatable bonds is 17. The number of amides is 1. The van der Waals surface area contributed by atoms with Crippen LogP contribution < -0.4 is 20.9 Å². The molecule has 9 nitrogen and oxygen atoms in total. The van der Waals surface area contributed by atoms with Crippen molar-refractivity contribution in [1.82, 2.24) is 15.6 Å². The van der Waals surface area contributed by atoms with Crippen molar-refractivity contribution >= 4 is 17.0 Å². The van der Waals surface area contributed by atoms with Crippen molar-refractivity contribution in [3.8, 4) is 11.5 Å². The highest BCUT2D eigenvalue weighted by Crippen LogP contribution is 2.29. The van der Waals surface area contributed by atoms with Gasteiger partial charge in [-0.25, -0.2) is 13.6 Å². The standard InChI is InChI=1S/C34H39F2N3O6/c35-24-17-23(18-25(36)20-24)32(39-34(43)44)22-9-8-10-26(19-22)45-16-7-5-3-1-2-4-6-15-37-21-30(41)27-11-13-29(40)33-28(27)12-14-31(42)38-33/h8-14,17-20,30,32,37,39-41H,1-7,15-16,21H2,(H,38,42)(H,43,44). The maximum Gasteiger partial charge on any atom is 0.405 e. The highest BCUT2D eigenvalue weighted by molar-refractivity contribution is 5.87. The smallest absolute Gasteiger partial charge is 0.405 e. The van der Waals surface area contributed by atoms with Crippen LogP contribution in [0.3, 0.4) is 0 Å². The molecule has 1 amide bonds. The van der Waals surface area contributed by atoms with Gasteiger partial charge in [0.1, 0.15) is 23.1 Å². The first-order chi connectivity index (χ1) is 21.7. The zero-order valence-electron chi connectivity index (χ0n) is 24.9. The van der Waals surface area contributed by atoms with Crippen LogP contribution in [0.1, 0.15) is 73.8 Å². The van der Waals surface area contributed by atoms with E-state index in [4.69, 9.17) is 4.74 Å². The maximum absolute atomic E-state index is 13.8. The van der Waals surface area contributed by atoms with Gasteiger partial charge < -0.3 is 35.7 Å². The Kier molecular flexibility index (Phi) is 12.3. The van der Waals surface area contributed by atoms with Crippen molar-refractivity contribution in [2.24, 2.45) is 0 Å². The summed E-state index contributed by atoms with van der Waals surface area (Å²) in [6, 6.07) is 14.9. The van der Waals surface area contributed by atoms with Gasteiger partial charge in [-0.15, -0.1) is 0 Å². The monoisotopic (exact) mass is 623 g/mol. The van der Waals surface area contributed by atoms with Crippen LogP contribution in [-0.4, -0.2) is 46.1 Å². The number of hydrogen-bond donors (Lipinski definition) is 6. The number of phenolic OH excluding ortho intramolecular Hbond substituents is 1. The lowest BCUT2D eigenvalue weighted by Gasteiger charge is -2.19. The largest absolute Gasteiger partial charge is 0.506 e. The molecule has 0 saturated carbocycles. The number of carboxylic acid groups (broad SMARTS) is 1. The van der Waals surface area contributed by atoms with Crippen molar-refractivity contribution in [3.05, 3.63) is 105 Å². The van der Waals surface area contributed by atoms with Crippen molar-refractivity contribution in [2.75, 3.05) is 19.7 Å². The first kappa shape index (κ1) is 33.4. The zero-order valence-corrected chi connectivity index (χ0v) is 24.9. The van der Waals surface area contributed by atoms with Crippen LogP contribution in [0, 0.1) is 11.6 Å². The highest BCUT2D eigenvalue weighted by Gasteiger charge is 2.19. The lowest BCUT2D eigenvalue weighted by atomic mass is 9.98. The van der Waals surface area contributed by atoms with E-state index in [1.54, 1.807) is 36.4 Å². The average Bonchev–Trinajstić information content (AvgIpc) is 3.00. The molecule has 0 aliphatic heterocycles. The molecule has 0 fully saturated rings. The van der Waals surface area contributed by atoms with Crippen LogP contribution in [0.2, 0.25) is 0 Å². The minimum atomic E-state index is -1.31. The number of halogens is 2. The predicted octanol–water partition coefficient (Wildman–Crippen LogP) is 6.30. The van der Waals surface area contributed by atoms with E-state index in [0.717, 1.165) is 69.7 Å². The Labute approximate surface area is 259 Å². The van der Waals surface area contributed by atoms with Gasteiger partial charge in [0.2, 0.25) is 5.56 Å². The molecule has 4 rings (SSSR count). The first-order valence-corrected chi connectivity index (χ1v) is 15.1. The Bertz CT molecular complexity index is 1610. The minimum absolute atomic E-state index is 0.0340. The topological polar surface area (TPSA) is 144 Å². The second kappa shape index (κ2) is 16.6. The van der Waals surface area contributed by atoms with Crippen molar-refractivity contribution in [2.45, 2.75) is 57.1 Å². The molecule has 3 aromatic carbocycles. The van der Waals surface area contributed by atoms with Gasteiger partial charge in [-0.05, 0) is 72.5 Å². The number of H-pyrrole nitrogens is 1. The van der Waals surface area contributed by atoms with E-state index >= 15 is 0 Å². The summed E-state index contributed by atoms with van der Waals surface area (Å²) in [5.41, 5.74) is 1.31. The second-order valence-electron chi connectivity index (χ2n) is 11.0. The van der Waals surface area contributed by atoms with E-state index in [-0.39, 0.29) is 16.9 Å². The number of aromatic amines is 1. The highest BCUT2D eigenvalue weighted by atomic mass is 19.1. The number of nitrogens with one attached hydrogen (secondary N) is 3. The van der Waals surface area contributed by atoms with Crippen LogP contribution in [0.4, 0.5) is 13.6 Å². The summed E-state index contributed by atoms with van der Waals surface area (Å²) in [4.78, 5) is 25.6. The summed E-state index contributed by atoms with van der Waals surface area (Å²) in [6.07, 6.45) is 5.09. The number of carbonyl (C=O) groups is 1. The third kappa shape index (κ3) is 10.0. The number of fused-ring (bicyclic) bond motifs is 1. The Morgan fingerprint density at radius 3 is 2.31 bits per heavy atom. The van der Waals surface area contributed by atoms with E-state index < -0.39 is 29.9 Å². The Morgan fingerprint density at radius 1 is 0.867 bits per heavy atom. The summed E-state index contributed by atoms with van der Waals surface area (Å²) in [5.74, 6) is -1.06. The van der Waals surface area contributed by atoms with Gasteiger partial charge in [0.15, 0.2) is 0 Å². The van der Waals surface area contributed by atoms with Gasteiger partial charge in [-0.1, -0.05) is 50.3 Å². The summed E-state index contributed by atoms with van der Waals surface area (Å²) < 4.78 is 33.4. The fourth-order valence-corrected chi connectivity index (χ4v) is 5.33. The molecular formula is C34H39F2N3O6. The number of aromatic nitrogens is 1. The summed E-state index contributed by atoms with van der Waals surface area (Å²) >= 11 is 0. The lowest BCUT2D eigenvalue weighted by Crippen LogP contribution is -2.27. The summed E-state index contributed by atoms with van der Waals surface area (Å²) in [5, 5.41) is 36.1. The molecule has 0 saturated heterocycles. The number of aliphatic hydroxyl groups is 1. The SMILES string of the molecule is O=C(O)NC(c1cc(F)cc(F)c1)c1cccc(OCCCCCCCCCNCC(O)c2ccc(O)c3[nH]c(=O)ccc23)c1. The molecule has 0 radical (unpaired) electrons. The molecule has 2 unspecified atom stereocenters. The van der Waals surface area contributed by atoms with Crippen LogP contribution in [0.5, 0.6) is 11.5 Å². The Balaban J connectivity index is 1.09. The van der Waals surface area contributed by atoms with Gasteiger partial charge >= 0.3 is 6.09 Å². The number of hydrogen-bond acceptors (Lipinski definition) is 6. The minimum Gasteiger partial charge on any atom is -0.506 e. The number of ether oxygens (including phenoxy) is 1. The van der Waals surface area contributed by atoms with Crippen molar-refractivity contribution < 1.29 is 33.6 Å². The van der Waals surface area contributed by atoms with Gasteiger partial charge in [-0.2, -0.15) is 0 Å². The average molecular weight is 624 g/mol. The number of phenols is 1. The lowest BCUT2D eigenvalue weighted by molar-refractivity contribution is 0.176. The third-order valence-electron chi connectivity index (χ3n) is 7.55. The Morgan fingerprint density at radius 2 is 1.58 bits per heavy atom. The quantitative estimate of drug-likeness (QED) is 0.0758. The number of aliphatic hydroxyl groups excluding tert-OH is 1. The molecular weight excluding hydrogens is 584 g/mol.